The molecule has 0 aromatic heterocycles. The Labute approximate surface area is 96.0 Å². The summed E-state index contributed by atoms with van der Waals surface area (Å²) in [6, 6.07) is -0.394. The van der Waals surface area contributed by atoms with Crippen molar-refractivity contribution in [1.29, 1.82) is 0 Å². The van der Waals surface area contributed by atoms with Crippen LogP contribution in [0.3, 0.4) is 0 Å². The highest BCUT2D eigenvalue weighted by atomic mass is 16.4. The summed E-state index contributed by atoms with van der Waals surface area (Å²) in [4.78, 5) is 11.0. The van der Waals surface area contributed by atoms with Crippen molar-refractivity contribution in [2.45, 2.75) is 50.7 Å². The minimum atomic E-state index is -0.743. The van der Waals surface area contributed by atoms with E-state index < -0.39 is 12.0 Å². The molecule has 3 atom stereocenters. The molecule has 92 valence electrons. The van der Waals surface area contributed by atoms with Crippen LogP contribution in [0.25, 0.3) is 0 Å². The van der Waals surface area contributed by atoms with Crippen molar-refractivity contribution in [3.63, 3.8) is 0 Å². The van der Waals surface area contributed by atoms with Crippen molar-refractivity contribution >= 4 is 5.97 Å². The van der Waals surface area contributed by atoms with Crippen LogP contribution in [0.4, 0.5) is 0 Å². The lowest BCUT2D eigenvalue weighted by molar-refractivity contribution is -0.140. The summed E-state index contributed by atoms with van der Waals surface area (Å²) >= 11 is 0. The molecule has 3 N–H and O–H groups in total. The van der Waals surface area contributed by atoms with Gasteiger partial charge in [-0.25, -0.2) is 0 Å². The molecule has 0 heterocycles. The van der Waals surface area contributed by atoms with Crippen LogP contribution >= 0.6 is 0 Å². The summed E-state index contributed by atoms with van der Waals surface area (Å²) in [6.07, 6.45) is 5.95. The fourth-order valence-electron chi connectivity index (χ4n) is 2.59. The quantitative estimate of drug-likeness (QED) is 0.655. The van der Waals surface area contributed by atoms with Gasteiger partial charge in [-0.05, 0) is 37.5 Å². The third kappa shape index (κ3) is 2.95. The molecule has 3 unspecified atom stereocenters. The largest absolute Gasteiger partial charge is 0.480 e. The zero-order valence-electron chi connectivity index (χ0n) is 9.56. The van der Waals surface area contributed by atoms with Crippen LogP contribution < -0.4 is 5.32 Å². The number of carboxylic acid groups (broad SMARTS) is 1. The number of hydrogen-bond acceptors (Lipinski definition) is 3. The van der Waals surface area contributed by atoms with Crippen LogP contribution in [-0.2, 0) is 4.79 Å². The maximum absolute atomic E-state index is 11.0. The Balaban J connectivity index is 1.78. The van der Waals surface area contributed by atoms with E-state index in [-0.39, 0.29) is 12.0 Å². The minimum Gasteiger partial charge on any atom is -0.480 e. The number of aliphatic hydroxyl groups is 1. The van der Waals surface area contributed by atoms with E-state index >= 15 is 0 Å². The second-order valence-electron chi connectivity index (χ2n) is 5.17. The monoisotopic (exact) mass is 227 g/mol. The van der Waals surface area contributed by atoms with E-state index in [1.54, 1.807) is 0 Å². The van der Waals surface area contributed by atoms with E-state index in [0.29, 0.717) is 12.5 Å². The van der Waals surface area contributed by atoms with Gasteiger partial charge in [0.15, 0.2) is 0 Å². The van der Waals surface area contributed by atoms with Gasteiger partial charge >= 0.3 is 5.97 Å². The summed E-state index contributed by atoms with van der Waals surface area (Å²) in [7, 11) is 0. The Hall–Kier alpha value is -0.610. The topological polar surface area (TPSA) is 69.6 Å². The van der Waals surface area contributed by atoms with Crippen LogP contribution in [0.5, 0.6) is 0 Å². The van der Waals surface area contributed by atoms with E-state index in [4.69, 9.17) is 5.11 Å². The Kier molecular flexibility index (Phi) is 3.82. The van der Waals surface area contributed by atoms with Gasteiger partial charge in [-0.2, -0.15) is 0 Å². The fourth-order valence-corrected chi connectivity index (χ4v) is 2.59. The molecular formula is C12H21NO3. The second-order valence-corrected chi connectivity index (χ2v) is 5.17. The van der Waals surface area contributed by atoms with Gasteiger partial charge in [0.25, 0.3) is 0 Å². The summed E-state index contributed by atoms with van der Waals surface area (Å²) in [5.74, 6) is -0.180. The number of aliphatic hydroxyl groups excluding tert-OH is 1. The van der Waals surface area contributed by atoms with Crippen LogP contribution in [0.2, 0.25) is 0 Å². The predicted octanol–water partition coefficient (Wildman–Crippen LogP) is 0.990. The summed E-state index contributed by atoms with van der Waals surface area (Å²) in [6.45, 7) is 0.647. The van der Waals surface area contributed by atoms with E-state index in [9.17, 15) is 9.90 Å². The molecule has 2 aliphatic carbocycles. The lowest BCUT2D eigenvalue weighted by atomic mass is 9.86. The highest BCUT2D eigenvalue weighted by molar-refractivity contribution is 5.74. The van der Waals surface area contributed by atoms with Crippen molar-refractivity contribution < 1.29 is 15.0 Å². The number of carboxylic acids is 1. The Morgan fingerprint density at radius 2 is 1.94 bits per heavy atom. The van der Waals surface area contributed by atoms with E-state index in [0.717, 1.165) is 38.5 Å². The Morgan fingerprint density at radius 3 is 2.50 bits per heavy atom. The van der Waals surface area contributed by atoms with Gasteiger partial charge in [-0.1, -0.05) is 12.8 Å². The van der Waals surface area contributed by atoms with Crippen molar-refractivity contribution in [1.82, 2.24) is 5.32 Å². The van der Waals surface area contributed by atoms with Gasteiger partial charge in [-0.15, -0.1) is 0 Å². The molecular weight excluding hydrogens is 206 g/mol. The molecule has 0 aliphatic heterocycles. The van der Waals surface area contributed by atoms with Gasteiger partial charge in [0.05, 0.1) is 6.10 Å². The molecule has 2 rings (SSSR count). The zero-order chi connectivity index (χ0) is 11.5. The molecule has 0 amide bonds. The standard InChI is InChI=1S/C12H21NO3/c14-10-4-2-1-3-9(10)7-13-11(12(15)16)8-5-6-8/h8-11,13-14H,1-7H2,(H,15,16). The van der Waals surface area contributed by atoms with Crippen LogP contribution in [0, 0.1) is 11.8 Å². The van der Waals surface area contributed by atoms with Crippen LogP contribution in [0.1, 0.15) is 38.5 Å². The molecule has 4 heteroatoms. The molecule has 4 nitrogen and oxygen atoms in total. The zero-order valence-corrected chi connectivity index (χ0v) is 9.56. The second kappa shape index (κ2) is 5.15. The molecule has 2 fully saturated rings. The van der Waals surface area contributed by atoms with Crippen molar-refractivity contribution in [2.24, 2.45) is 11.8 Å². The van der Waals surface area contributed by atoms with Gasteiger partial charge in [-0.3, -0.25) is 4.79 Å². The number of carbonyl (C=O) groups is 1. The number of hydrogen-bond donors (Lipinski definition) is 3. The first kappa shape index (κ1) is 11.9. The average molecular weight is 227 g/mol. The Morgan fingerprint density at radius 1 is 1.25 bits per heavy atom. The number of nitrogens with one attached hydrogen (secondary N) is 1. The fraction of sp³-hybridized carbons (Fsp3) is 0.917. The van der Waals surface area contributed by atoms with Gasteiger partial charge < -0.3 is 15.5 Å². The molecule has 0 saturated heterocycles. The third-order valence-corrected chi connectivity index (χ3v) is 3.83. The third-order valence-electron chi connectivity index (χ3n) is 3.83. The summed E-state index contributed by atoms with van der Waals surface area (Å²) in [5.41, 5.74) is 0. The number of rotatable bonds is 5. The first-order valence-corrected chi connectivity index (χ1v) is 6.32. The molecule has 0 aromatic carbocycles. The van der Waals surface area contributed by atoms with E-state index in [2.05, 4.69) is 5.32 Å². The van der Waals surface area contributed by atoms with Gasteiger partial charge in [0, 0.05) is 6.54 Å². The molecule has 2 saturated carbocycles. The Bertz CT molecular complexity index is 253. The maximum atomic E-state index is 11.0. The van der Waals surface area contributed by atoms with Crippen molar-refractivity contribution in [3.8, 4) is 0 Å². The number of aliphatic carboxylic acids is 1. The molecule has 16 heavy (non-hydrogen) atoms. The smallest absolute Gasteiger partial charge is 0.320 e. The first-order chi connectivity index (χ1) is 7.68. The lowest BCUT2D eigenvalue weighted by Gasteiger charge is -2.28. The highest BCUT2D eigenvalue weighted by Crippen LogP contribution is 2.33. The molecule has 0 bridgehead atoms. The maximum Gasteiger partial charge on any atom is 0.320 e. The van der Waals surface area contributed by atoms with E-state index in [1.165, 1.54) is 0 Å². The molecule has 2 aliphatic rings. The summed E-state index contributed by atoms with van der Waals surface area (Å²) in [5, 5.41) is 22.0. The van der Waals surface area contributed by atoms with Gasteiger partial charge in [0.1, 0.15) is 6.04 Å². The van der Waals surface area contributed by atoms with Crippen molar-refractivity contribution in [3.05, 3.63) is 0 Å². The minimum absolute atomic E-state index is 0.241. The normalized spacial score (nSPS) is 32.3. The predicted molar refractivity (Wildman–Crippen MR) is 60.1 cm³/mol. The average Bonchev–Trinajstić information content (AvgIpc) is 3.04. The van der Waals surface area contributed by atoms with Crippen LogP contribution in [0.15, 0.2) is 0 Å². The first-order valence-electron chi connectivity index (χ1n) is 6.32. The lowest BCUT2D eigenvalue weighted by Crippen LogP contribution is -2.43. The highest BCUT2D eigenvalue weighted by Gasteiger charge is 2.36. The van der Waals surface area contributed by atoms with E-state index in [1.807, 2.05) is 0 Å². The van der Waals surface area contributed by atoms with Crippen molar-refractivity contribution in [2.75, 3.05) is 6.54 Å². The molecule has 0 spiro atoms. The SMILES string of the molecule is O=C(O)C(NCC1CCCCC1O)C1CC1. The summed E-state index contributed by atoms with van der Waals surface area (Å²) < 4.78 is 0. The molecule has 0 aromatic rings. The van der Waals surface area contributed by atoms with Crippen LogP contribution in [-0.4, -0.2) is 34.9 Å². The molecule has 0 radical (unpaired) electrons. The van der Waals surface area contributed by atoms with Gasteiger partial charge in [0.2, 0.25) is 0 Å².